The minimum absolute atomic E-state index is 0.0378. The van der Waals surface area contributed by atoms with Gasteiger partial charge in [0.05, 0.1) is 0 Å². The van der Waals surface area contributed by atoms with Gasteiger partial charge in [0.1, 0.15) is 6.04 Å². The van der Waals surface area contributed by atoms with Crippen LogP contribution in [0, 0.1) is 5.92 Å². The molecule has 0 radical (unpaired) electrons. The Kier molecular flexibility index (Phi) is 5.01. The molecular weight excluding hydrogens is 226 g/mol. The maximum atomic E-state index is 12.2. The van der Waals surface area contributed by atoms with Crippen LogP contribution in [0.15, 0.2) is 0 Å². The Labute approximate surface area is 110 Å². The average Bonchev–Trinajstić information content (AvgIpc) is 2.87. The molecule has 4 heteroatoms. The quantitative estimate of drug-likeness (QED) is 0.785. The first-order valence-corrected chi connectivity index (χ1v) is 7.52. The van der Waals surface area contributed by atoms with Gasteiger partial charge in [-0.15, -0.1) is 0 Å². The van der Waals surface area contributed by atoms with Crippen molar-refractivity contribution in [2.24, 2.45) is 5.92 Å². The van der Waals surface area contributed by atoms with E-state index in [0.717, 1.165) is 32.1 Å². The Hall–Kier alpha value is -0.610. The van der Waals surface area contributed by atoms with Crippen LogP contribution in [0.5, 0.6) is 0 Å². The van der Waals surface area contributed by atoms with E-state index in [9.17, 15) is 4.79 Å². The minimum Gasteiger partial charge on any atom is -0.355 e. The number of hydrogen-bond donors (Lipinski definition) is 2. The summed E-state index contributed by atoms with van der Waals surface area (Å²) in [5, 5.41) is 6.34. The van der Waals surface area contributed by atoms with Crippen LogP contribution in [0.1, 0.15) is 39.5 Å². The lowest BCUT2D eigenvalue weighted by Gasteiger charge is -2.41. The van der Waals surface area contributed by atoms with E-state index >= 15 is 0 Å². The highest BCUT2D eigenvalue weighted by Crippen LogP contribution is 2.33. The molecule has 3 unspecified atom stereocenters. The Bertz CT molecular complexity index is 282. The van der Waals surface area contributed by atoms with Gasteiger partial charge in [0.15, 0.2) is 0 Å². The zero-order valence-electron chi connectivity index (χ0n) is 11.7. The summed E-state index contributed by atoms with van der Waals surface area (Å²) < 4.78 is 0. The minimum atomic E-state index is 0.0378. The molecule has 2 rings (SSSR count). The lowest BCUT2D eigenvalue weighted by atomic mass is 9.96. The molecule has 1 aliphatic carbocycles. The van der Waals surface area contributed by atoms with E-state index in [1.165, 1.54) is 25.7 Å². The number of carbonyl (C=O) groups is 1. The van der Waals surface area contributed by atoms with Crippen molar-refractivity contribution in [1.82, 2.24) is 15.5 Å². The van der Waals surface area contributed by atoms with Gasteiger partial charge in [0, 0.05) is 32.2 Å². The fourth-order valence-electron chi connectivity index (χ4n) is 3.58. The van der Waals surface area contributed by atoms with Gasteiger partial charge in [-0.25, -0.2) is 0 Å². The van der Waals surface area contributed by atoms with Gasteiger partial charge in [-0.1, -0.05) is 19.8 Å². The highest BCUT2D eigenvalue weighted by molar-refractivity contribution is 5.82. The summed E-state index contributed by atoms with van der Waals surface area (Å²) in [4.78, 5) is 14.6. The monoisotopic (exact) mass is 253 g/mol. The van der Waals surface area contributed by atoms with E-state index in [1.54, 1.807) is 0 Å². The molecule has 18 heavy (non-hydrogen) atoms. The molecule has 0 aromatic carbocycles. The first-order chi connectivity index (χ1) is 8.77. The van der Waals surface area contributed by atoms with Gasteiger partial charge in [0.25, 0.3) is 0 Å². The SMILES string of the molecule is CCNC(=O)C1CNCCN1C1CCCC1CC. The molecule has 2 N–H and O–H groups in total. The summed E-state index contributed by atoms with van der Waals surface area (Å²) in [6.45, 7) is 7.84. The van der Waals surface area contributed by atoms with Crippen LogP contribution in [0.3, 0.4) is 0 Å². The lowest BCUT2D eigenvalue weighted by Crippen LogP contribution is -2.61. The smallest absolute Gasteiger partial charge is 0.238 e. The molecule has 104 valence electrons. The zero-order chi connectivity index (χ0) is 13.0. The predicted octanol–water partition coefficient (Wildman–Crippen LogP) is 0.975. The highest BCUT2D eigenvalue weighted by Gasteiger charge is 2.38. The molecule has 0 spiro atoms. The maximum absolute atomic E-state index is 12.2. The molecule has 0 bridgehead atoms. The van der Waals surface area contributed by atoms with Crippen LogP contribution in [-0.2, 0) is 4.79 Å². The summed E-state index contributed by atoms with van der Waals surface area (Å²) >= 11 is 0. The molecule has 2 aliphatic rings. The number of carbonyl (C=O) groups excluding carboxylic acids is 1. The number of piperazine rings is 1. The maximum Gasteiger partial charge on any atom is 0.238 e. The highest BCUT2D eigenvalue weighted by atomic mass is 16.2. The standard InChI is InChI=1S/C14H27N3O/c1-3-11-6-5-7-12(11)17-9-8-15-10-13(17)14(18)16-4-2/h11-13,15H,3-10H2,1-2H3,(H,16,18). The van der Waals surface area contributed by atoms with Crippen molar-refractivity contribution in [3.05, 3.63) is 0 Å². The van der Waals surface area contributed by atoms with Crippen LogP contribution >= 0.6 is 0 Å². The number of likely N-dealkylation sites (N-methyl/N-ethyl adjacent to an activating group) is 1. The van der Waals surface area contributed by atoms with Crippen LogP contribution in [0.4, 0.5) is 0 Å². The molecule has 1 saturated heterocycles. The van der Waals surface area contributed by atoms with Gasteiger partial charge in [-0.2, -0.15) is 0 Å². The Morgan fingerprint density at radius 3 is 2.94 bits per heavy atom. The van der Waals surface area contributed by atoms with E-state index < -0.39 is 0 Å². The molecule has 1 saturated carbocycles. The second kappa shape index (κ2) is 6.53. The third-order valence-electron chi connectivity index (χ3n) is 4.51. The summed E-state index contributed by atoms with van der Waals surface area (Å²) in [7, 11) is 0. The first-order valence-electron chi connectivity index (χ1n) is 7.52. The Morgan fingerprint density at radius 2 is 2.22 bits per heavy atom. The number of rotatable bonds is 4. The van der Waals surface area contributed by atoms with Crippen LogP contribution < -0.4 is 10.6 Å². The fourth-order valence-corrected chi connectivity index (χ4v) is 3.58. The molecule has 1 heterocycles. The number of nitrogens with one attached hydrogen (secondary N) is 2. The molecular formula is C14H27N3O. The van der Waals surface area contributed by atoms with Crippen molar-refractivity contribution in [2.45, 2.75) is 51.6 Å². The summed E-state index contributed by atoms with van der Waals surface area (Å²) in [6, 6.07) is 0.667. The van der Waals surface area contributed by atoms with Gasteiger partial charge in [0.2, 0.25) is 5.91 Å². The molecule has 1 amide bonds. The number of hydrogen-bond acceptors (Lipinski definition) is 3. The van der Waals surface area contributed by atoms with E-state index in [1.807, 2.05) is 6.92 Å². The lowest BCUT2D eigenvalue weighted by molar-refractivity contribution is -0.128. The normalized spacial score (nSPS) is 33.6. The van der Waals surface area contributed by atoms with Crippen molar-refractivity contribution >= 4 is 5.91 Å². The molecule has 2 fully saturated rings. The zero-order valence-corrected chi connectivity index (χ0v) is 11.7. The van der Waals surface area contributed by atoms with Crippen molar-refractivity contribution in [2.75, 3.05) is 26.2 Å². The van der Waals surface area contributed by atoms with Gasteiger partial charge in [-0.3, -0.25) is 9.69 Å². The Balaban J connectivity index is 2.05. The Morgan fingerprint density at radius 1 is 1.39 bits per heavy atom. The van der Waals surface area contributed by atoms with Gasteiger partial charge >= 0.3 is 0 Å². The number of amides is 1. The topological polar surface area (TPSA) is 44.4 Å². The van der Waals surface area contributed by atoms with Crippen molar-refractivity contribution < 1.29 is 4.79 Å². The second-order valence-electron chi connectivity index (χ2n) is 5.52. The molecule has 0 aromatic rings. The third kappa shape index (κ3) is 2.86. The predicted molar refractivity (Wildman–Crippen MR) is 73.5 cm³/mol. The van der Waals surface area contributed by atoms with Crippen LogP contribution in [0.2, 0.25) is 0 Å². The number of nitrogens with zero attached hydrogens (tertiary/aromatic N) is 1. The fraction of sp³-hybridized carbons (Fsp3) is 0.929. The van der Waals surface area contributed by atoms with E-state index in [4.69, 9.17) is 0 Å². The van der Waals surface area contributed by atoms with Crippen LogP contribution in [-0.4, -0.2) is 49.1 Å². The van der Waals surface area contributed by atoms with Crippen molar-refractivity contribution in [3.63, 3.8) is 0 Å². The molecule has 1 aliphatic heterocycles. The second-order valence-corrected chi connectivity index (χ2v) is 5.52. The molecule has 0 aromatic heterocycles. The summed E-state index contributed by atoms with van der Waals surface area (Å²) in [6.07, 6.45) is 5.19. The third-order valence-corrected chi connectivity index (χ3v) is 4.51. The summed E-state index contributed by atoms with van der Waals surface area (Å²) in [5.41, 5.74) is 0. The molecule has 3 atom stereocenters. The largest absolute Gasteiger partial charge is 0.355 e. The summed E-state index contributed by atoms with van der Waals surface area (Å²) in [5.74, 6) is 0.992. The van der Waals surface area contributed by atoms with E-state index in [0.29, 0.717) is 6.04 Å². The average molecular weight is 253 g/mol. The van der Waals surface area contributed by atoms with Gasteiger partial charge in [-0.05, 0) is 25.7 Å². The van der Waals surface area contributed by atoms with E-state index in [2.05, 4.69) is 22.5 Å². The van der Waals surface area contributed by atoms with E-state index in [-0.39, 0.29) is 11.9 Å². The van der Waals surface area contributed by atoms with Gasteiger partial charge < -0.3 is 10.6 Å². The van der Waals surface area contributed by atoms with Crippen molar-refractivity contribution in [1.29, 1.82) is 0 Å². The first kappa shape index (κ1) is 13.8. The molecule has 4 nitrogen and oxygen atoms in total. The van der Waals surface area contributed by atoms with Crippen molar-refractivity contribution in [3.8, 4) is 0 Å². The van der Waals surface area contributed by atoms with Crippen LogP contribution in [0.25, 0.3) is 0 Å².